The first-order chi connectivity index (χ1) is 7.99. The fraction of sp³-hybridized carbons (Fsp3) is 0.385. The van der Waals surface area contributed by atoms with Gasteiger partial charge in [0.15, 0.2) is 0 Å². The molecule has 1 aromatic carbocycles. The highest BCUT2D eigenvalue weighted by molar-refractivity contribution is 5.29. The third kappa shape index (κ3) is 3.89. The first kappa shape index (κ1) is 13.8. The van der Waals surface area contributed by atoms with E-state index < -0.39 is 12.1 Å². The standard InChI is InChI=1S/C13H15F3O/c1-2-10-5-7-11(8-6-10)12(4-3-9-17)13(14,15)16/h3-8,12,17H,2,9H2,1H3/b4-3+/t12-/m0/s1. The number of alkyl halides is 3. The largest absolute Gasteiger partial charge is 0.399 e. The molecule has 0 saturated carbocycles. The van der Waals surface area contributed by atoms with Gasteiger partial charge in [-0.15, -0.1) is 0 Å². The van der Waals surface area contributed by atoms with Gasteiger partial charge in [0.1, 0.15) is 0 Å². The van der Waals surface area contributed by atoms with Crippen LogP contribution in [0, 0.1) is 0 Å². The SMILES string of the molecule is CCc1ccc([C@H](/C=C/CO)C(F)(F)F)cc1. The van der Waals surface area contributed by atoms with Gasteiger partial charge in [-0.05, 0) is 17.5 Å². The van der Waals surface area contributed by atoms with Crippen LogP contribution in [0.2, 0.25) is 0 Å². The lowest BCUT2D eigenvalue weighted by Gasteiger charge is -2.17. The van der Waals surface area contributed by atoms with Gasteiger partial charge in [-0.2, -0.15) is 13.2 Å². The molecule has 0 spiro atoms. The smallest absolute Gasteiger partial charge is 0.392 e. The van der Waals surface area contributed by atoms with Crippen molar-refractivity contribution in [3.8, 4) is 0 Å². The van der Waals surface area contributed by atoms with Gasteiger partial charge in [-0.1, -0.05) is 43.3 Å². The number of benzene rings is 1. The fourth-order valence-electron chi connectivity index (χ4n) is 1.57. The van der Waals surface area contributed by atoms with Crippen LogP contribution in [0.15, 0.2) is 36.4 Å². The molecule has 0 aliphatic heterocycles. The summed E-state index contributed by atoms with van der Waals surface area (Å²) in [7, 11) is 0. The summed E-state index contributed by atoms with van der Waals surface area (Å²) in [5, 5.41) is 8.56. The zero-order valence-corrected chi connectivity index (χ0v) is 9.54. The summed E-state index contributed by atoms with van der Waals surface area (Å²) in [5.41, 5.74) is 1.19. The van der Waals surface area contributed by atoms with Crippen LogP contribution >= 0.6 is 0 Å². The van der Waals surface area contributed by atoms with E-state index in [9.17, 15) is 13.2 Å². The van der Waals surface area contributed by atoms with Gasteiger partial charge in [0, 0.05) is 0 Å². The van der Waals surface area contributed by atoms with Crippen molar-refractivity contribution in [2.45, 2.75) is 25.4 Å². The minimum Gasteiger partial charge on any atom is -0.392 e. The van der Waals surface area contributed by atoms with E-state index in [4.69, 9.17) is 5.11 Å². The van der Waals surface area contributed by atoms with E-state index in [2.05, 4.69) is 0 Å². The van der Waals surface area contributed by atoms with Gasteiger partial charge in [-0.3, -0.25) is 0 Å². The molecular weight excluding hydrogens is 229 g/mol. The summed E-state index contributed by atoms with van der Waals surface area (Å²) in [6, 6.07) is 6.36. The Hall–Kier alpha value is -1.29. The van der Waals surface area contributed by atoms with E-state index in [1.165, 1.54) is 12.1 Å². The highest BCUT2D eigenvalue weighted by atomic mass is 19.4. The van der Waals surface area contributed by atoms with E-state index in [0.717, 1.165) is 24.1 Å². The molecule has 1 N–H and O–H groups in total. The molecule has 0 saturated heterocycles. The summed E-state index contributed by atoms with van der Waals surface area (Å²) in [6.07, 6.45) is -1.43. The second kappa shape index (κ2) is 5.87. The minimum atomic E-state index is -4.33. The van der Waals surface area contributed by atoms with E-state index in [0.29, 0.717) is 0 Å². The van der Waals surface area contributed by atoms with Crippen LogP contribution in [0.3, 0.4) is 0 Å². The van der Waals surface area contributed by atoms with Crippen molar-refractivity contribution in [3.63, 3.8) is 0 Å². The van der Waals surface area contributed by atoms with Crippen molar-refractivity contribution in [1.82, 2.24) is 0 Å². The molecule has 94 valence electrons. The molecule has 0 amide bonds. The Bertz CT molecular complexity index is 365. The molecule has 0 aromatic heterocycles. The lowest BCUT2D eigenvalue weighted by molar-refractivity contribution is -0.139. The number of aliphatic hydroxyl groups is 1. The van der Waals surface area contributed by atoms with Crippen LogP contribution in [0.1, 0.15) is 24.0 Å². The number of hydrogen-bond donors (Lipinski definition) is 1. The van der Waals surface area contributed by atoms with Crippen molar-refractivity contribution < 1.29 is 18.3 Å². The number of aryl methyl sites for hydroxylation is 1. The topological polar surface area (TPSA) is 20.2 Å². The fourth-order valence-corrected chi connectivity index (χ4v) is 1.57. The normalized spacial score (nSPS) is 14.2. The maximum absolute atomic E-state index is 12.8. The van der Waals surface area contributed by atoms with Crippen molar-refractivity contribution in [2.24, 2.45) is 0 Å². The van der Waals surface area contributed by atoms with Crippen LogP contribution < -0.4 is 0 Å². The minimum absolute atomic E-state index is 0.194. The van der Waals surface area contributed by atoms with Crippen LogP contribution in [0.25, 0.3) is 0 Å². The number of halogens is 3. The van der Waals surface area contributed by atoms with Crippen LogP contribution in [0.4, 0.5) is 13.2 Å². The molecule has 0 heterocycles. The van der Waals surface area contributed by atoms with Crippen LogP contribution in [-0.2, 0) is 6.42 Å². The number of allylic oxidation sites excluding steroid dienone is 1. The Morgan fingerprint density at radius 2 is 1.82 bits per heavy atom. The van der Waals surface area contributed by atoms with Crippen LogP contribution in [-0.4, -0.2) is 17.9 Å². The maximum atomic E-state index is 12.8. The molecule has 17 heavy (non-hydrogen) atoms. The molecule has 1 nitrogen and oxygen atoms in total. The highest BCUT2D eigenvalue weighted by Gasteiger charge is 2.38. The second-order valence-corrected chi connectivity index (χ2v) is 3.73. The second-order valence-electron chi connectivity index (χ2n) is 3.73. The third-order valence-electron chi connectivity index (χ3n) is 2.53. The van der Waals surface area contributed by atoms with Gasteiger partial charge < -0.3 is 5.11 Å². The Labute approximate surface area is 98.6 Å². The molecule has 0 bridgehead atoms. The van der Waals surface area contributed by atoms with E-state index >= 15 is 0 Å². The zero-order chi connectivity index (χ0) is 12.9. The molecule has 0 unspecified atom stereocenters. The van der Waals surface area contributed by atoms with Crippen molar-refractivity contribution in [2.75, 3.05) is 6.61 Å². The Kier molecular flexibility index (Phi) is 4.75. The first-order valence-electron chi connectivity index (χ1n) is 5.42. The molecule has 4 heteroatoms. The van der Waals surface area contributed by atoms with Gasteiger partial charge >= 0.3 is 6.18 Å². The summed E-state index contributed by atoms with van der Waals surface area (Å²) < 4.78 is 38.3. The lowest BCUT2D eigenvalue weighted by Crippen LogP contribution is -2.19. The monoisotopic (exact) mass is 244 g/mol. The Morgan fingerprint density at radius 3 is 2.24 bits per heavy atom. The molecule has 0 aliphatic rings. The van der Waals surface area contributed by atoms with E-state index in [1.807, 2.05) is 6.92 Å². The predicted molar refractivity (Wildman–Crippen MR) is 60.8 cm³/mol. The van der Waals surface area contributed by atoms with E-state index in [-0.39, 0.29) is 12.2 Å². The molecule has 0 fully saturated rings. The molecule has 1 rings (SSSR count). The van der Waals surface area contributed by atoms with Gasteiger partial charge in [0.05, 0.1) is 12.5 Å². The molecular formula is C13H15F3O. The molecule has 0 radical (unpaired) electrons. The van der Waals surface area contributed by atoms with Gasteiger partial charge in [-0.25, -0.2) is 0 Å². The maximum Gasteiger partial charge on any atom is 0.399 e. The Balaban J connectivity index is 3.00. The van der Waals surface area contributed by atoms with Gasteiger partial charge in [0.25, 0.3) is 0 Å². The number of rotatable bonds is 4. The van der Waals surface area contributed by atoms with Crippen molar-refractivity contribution in [1.29, 1.82) is 0 Å². The summed E-state index contributed by atoms with van der Waals surface area (Å²) >= 11 is 0. The van der Waals surface area contributed by atoms with Crippen LogP contribution in [0.5, 0.6) is 0 Å². The third-order valence-corrected chi connectivity index (χ3v) is 2.53. The quantitative estimate of drug-likeness (QED) is 0.804. The Morgan fingerprint density at radius 1 is 1.24 bits per heavy atom. The number of aliphatic hydroxyl groups excluding tert-OH is 1. The lowest BCUT2D eigenvalue weighted by atomic mass is 9.96. The van der Waals surface area contributed by atoms with Gasteiger partial charge in [0.2, 0.25) is 0 Å². The molecule has 0 aliphatic carbocycles. The van der Waals surface area contributed by atoms with Crippen molar-refractivity contribution in [3.05, 3.63) is 47.5 Å². The zero-order valence-electron chi connectivity index (χ0n) is 9.54. The summed E-state index contributed by atoms with van der Waals surface area (Å²) in [4.78, 5) is 0. The molecule has 1 aromatic rings. The first-order valence-corrected chi connectivity index (χ1v) is 5.42. The predicted octanol–water partition coefficient (Wildman–Crippen LogP) is 3.44. The summed E-state index contributed by atoms with van der Waals surface area (Å²) in [5.74, 6) is -1.65. The average molecular weight is 244 g/mol. The van der Waals surface area contributed by atoms with Crippen molar-refractivity contribution >= 4 is 0 Å². The average Bonchev–Trinajstić information content (AvgIpc) is 2.29. The van der Waals surface area contributed by atoms with E-state index in [1.54, 1.807) is 12.1 Å². The number of hydrogen-bond acceptors (Lipinski definition) is 1. The highest BCUT2D eigenvalue weighted by Crippen LogP contribution is 2.35. The summed E-state index contributed by atoms with van der Waals surface area (Å²) in [6.45, 7) is 1.56. The molecule has 1 atom stereocenters.